The van der Waals surface area contributed by atoms with Gasteiger partial charge in [0.1, 0.15) is 12.2 Å². The Bertz CT molecular complexity index is 393. The summed E-state index contributed by atoms with van der Waals surface area (Å²) in [5.74, 6) is 0. The Labute approximate surface area is 176 Å². The van der Waals surface area contributed by atoms with Crippen molar-refractivity contribution in [1.82, 2.24) is 0 Å². The second-order valence-corrected chi connectivity index (χ2v) is 8.67. The van der Waals surface area contributed by atoms with Crippen molar-refractivity contribution in [2.24, 2.45) is 0 Å². The zero-order valence-corrected chi connectivity index (χ0v) is 19.3. The summed E-state index contributed by atoms with van der Waals surface area (Å²) in [6, 6.07) is 0. The molecule has 1 aliphatic rings. The maximum Gasteiger partial charge on any atom is 0.220 e. The van der Waals surface area contributed by atoms with Gasteiger partial charge >= 0.3 is 0 Å². The summed E-state index contributed by atoms with van der Waals surface area (Å²) < 4.78 is 24.3. The van der Waals surface area contributed by atoms with E-state index in [1.165, 1.54) is 11.8 Å². The van der Waals surface area contributed by atoms with E-state index in [4.69, 9.17) is 18.9 Å². The Hall–Kier alpha value is -0.140. The van der Waals surface area contributed by atoms with Crippen LogP contribution < -0.4 is 0 Å². The van der Waals surface area contributed by atoms with Crippen LogP contribution in [0, 0.1) is 0 Å². The first-order valence-corrected chi connectivity index (χ1v) is 12.2. The molecule has 1 fully saturated rings. The summed E-state index contributed by atoms with van der Waals surface area (Å²) >= 11 is 1.33. The highest BCUT2D eigenvalue weighted by atomic mass is 32.2. The fraction of sp³-hybridized carbons (Fsp3) is 0.955. The molecular weight excluding hydrogens is 376 g/mol. The third-order valence-electron chi connectivity index (χ3n) is 4.82. The van der Waals surface area contributed by atoms with Crippen molar-refractivity contribution in [3.8, 4) is 0 Å². The average molecular weight is 419 g/mol. The van der Waals surface area contributed by atoms with Crippen molar-refractivity contribution in [1.29, 1.82) is 0 Å². The van der Waals surface area contributed by atoms with E-state index in [1.807, 2.05) is 0 Å². The van der Waals surface area contributed by atoms with Gasteiger partial charge in [-0.3, -0.25) is 4.79 Å². The molecule has 1 aliphatic heterocycles. The normalized spacial score (nSPS) is 25.4. The molecule has 0 spiro atoms. The number of unbranched alkanes of at least 4 members (excludes halogenated alkanes) is 4. The molecule has 28 heavy (non-hydrogen) atoms. The first-order chi connectivity index (χ1) is 13.7. The van der Waals surface area contributed by atoms with Crippen LogP contribution in [0.4, 0.5) is 0 Å². The van der Waals surface area contributed by atoms with Gasteiger partial charge in [0, 0.05) is 26.4 Å². The molecule has 0 N–H and O–H groups in total. The van der Waals surface area contributed by atoms with Gasteiger partial charge in [-0.15, -0.1) is 0 Å². The van der Waals surface area contributed by atoms with Crippen LogP contribution in [-0.2, 0) is 23.7 Å². The summed E-state index contributed by atoms with van der Waals surface area (Å²) in [4.78, 5) is 12.9. The fourth-order valence-electron chi connectivity index (χ4n) is 3.01. The lowest BCUT2D eigenvalue weighted by Crippen LogP contribution is -2.56. The second-order valence-electron chi connectivity index (χ2n) is 7.43. The second kappa shape index (κ2) is 16.6. The highest BCUT2D eigenvalue weighted by Crippen LogP contribution is 2.34. The van der Waals surface area contributed by atoms with Gasteiger partial charge in [-0.05, 0) is 25.7 Å². The molecular formula is C22H42O5S. The summed E-state index contributed by atoms with van der Waals surface area (Å²) in [6.07, 6.45) is 7.15. The molecule has 0 unspecified atom stereocenters. The van der Waals surface area contributed by atoms with Gasteiger partial charge in [0.15, 0.2) is 6.10 Å². The number of ether oxygens (including phenoxy) is 4. The maximum atomic E-state index is 12.9. The molecule has 0 aromatic carbocycles. The van der Waals surface area contributed by atoms with E-state index in [2.05, 4.69) is 27.7 Å². The lowest BCUT2D eigenvalue weighted by Gasteiger charge is -2.40. The molecule has 1 rings (SSSR count). The van der Waals surface area contributed by atoms with Crippen LogP contribution in [0.1, 0.15) is 79.1 Å². The third-order valence-corrected chi connectivity index (χ3v) is 6.00. The van der Waals surface area contributed by atoms with Gasteiger partial charge in [0.25, 0.3) is 0 Å². The van der Waals surface area contributed by atoms with Crippen molar-refractivity contribution >= 4 is 16.9 Å². The smallest absolute Gasteiger partial charge is 0.220 e. The minimum atomic E-state index is -0.549. The zero-order chi connectivity index (χ0) is 20.6. The fourth-order valence-corrected chi connectivity index (χ4v) is 4.17. The van der Waals surface area contributed by atoms with Crippen LogP contribution in [0.25, 0.3) is 0 Å². The number of rotatable bonds is 17. The van der Waals surface area contributed by atoms with Gasteiger partial charge < -0.3 is 18.9 Å². The molecule has 0 bridgehead atoms. The third kappa shape index (κ3) is 9.57. The van der Waals surface area contributed by atoms with E-state index in [-0.39, 0.29) is 22.6 Å². The summed E-state index contributed by atoms with van der Waals surface area (Å²) in [6.45, 7) is 11.7. The molecule has 5 nitrogen and oxygen atoms in total. The minimum Gasteiger partial charge on any atom is -0.380 e. The number of thioether (sulfide) groups is 1. The van der Waals surface area contributed by atoms with Crippen LogP contribution in [0.15, 0.2) is 0 Å². The van der Waals surface area contributed by atoms with Crippen LogP contribution in [0.5, 0.6) is 0 Å². The Kier molecular flexibility index (Phi) is 15.4. The van der Waals surface area contributed by atoms with Crippen molar-refractivity contribution < 1.29 is 23.7 Å². The predicted molar refractivity (Wildman–Crippen MR) is 116 cm³/mol. The maximum absolute atomic E-state index is 12.9. The predicted octanol–water partition coefficient (Wildman–Crippen LogP) is 5.00. The van der Waals surface area contributed by atoms with Crippen molar-refractivity contribution in [2.45, 2.75) is 103 Å². The first-order valence-electron chi connectivity index (χ1n) is 11.3. The van der Waals surface area contributed by atoms with E-state index < -0.39 is 6.10 Å². The summed E-state index contributed by atoms with van der Waals surface area (Å²) in [5, 5.41) is 0.0101. The van der Waals surface area contributed by atoms with E-state index >= 15 is 0 Å². The average Bonchev–Trinajstić information content (AvgIpc) is 2.69. The number of hydrogen-bond acceptors (Lipinski definition) is 6. The monoisotopic (exact) mass is 418 g/mol. The summed E-state index contributed by atoms with van der Waals surface area (Å²) in [5.41, 5.74) is 0. The van der Waals surface area contributed by atoms with E-state index in [9.17, 15) is 4.79 Å². The van der Waals surface area contributed by atoms with Crippen molar-refractivity contribution in [3.05, 3.63) is 0 Å². The highest BCUT2D eigenvalue weighted by Gasteiger charge is 2.47. The van der Waals surface area contributed by atoms with Crippen molar-refractivity contribution in [2.75, 3.05) is 33.0 Å². The SMILES string of the molecule is CCCCOC[C@H]1SC(=O)[C@H](OCCCC)[C@@H](OCCCC)[C@@H]1OCCCC. The largest absolute Gasteiger partial charge is 0.380 e. The minimum absolute atomic E-state index is 0.0427. The van der Waals surface area contributed by atoms with Gasteiger partial charge in [0.05, 0.1) is 11.9 Å². The molecule has 0 saturated carbocycles. The summed E-state index contributed by atoms with van der Waals surface area (Å²) in [7, 11) is 0. The van der Waals surface area contributed by atoms with Crippen LogP contribution in [0.2, 0.25) is 0 Å². The van der Waals surface area contributed by atoms with Crippen LogP contribution >= 0.6 is 11.8 Å². The van der Waals surface area contributed by atoms with E-state index in [1.54, 1.807) is 0 Å². The highest BCUT2D eigenvalue weighted by molar-refractivity contribution is 8.14. The van der Waals surface area contributed by atoms with E-state index in [0.717, 1.165) is 58.0 Å². The molecule has 1 heterocycles. The Morgan fingerprint density at radius 2 is 1.21 bits per heavy atom. The molecule has 0 aliphatic carbocycles. The lowest BCUT2D eigenvalue weighted by atomic mass is 10.0. The topological polar surface area (TPSA) is 54.0 Å². The van der Waals surface area contributed by atoms with Gasteiger partial charge in [-0.2, -0.15) is 0 Å². The number of hydrogen-bond donors (Lipinski definition) is 0. The van der Waals surface area contributed by atoms with Gasteiger partial charge in [-0.1, -0.05) is 65.1 Å². The molecule has 166 valence electrons. The van der Waals surface area contributed by atoms with Gasteiger partial charge in [0.2, 0.25) is 5.12 Å². The first kappa shape index (κ1) is 25.9. The number of carbonyl (C=O) groups excluding carboxylic acids is 1. The van der Waals surface area contributed by atoms with Crippen LogP contribution in [-0.4, -0.2) is 61.7 Å². The Balaban J connectivity index is 2.86. The number of carbonyl (C=O) groups is 1. The molecule has 0 aromatic heterocycles. The van der Waals surface area contributed by atoms with Gasteiger partial charge in [-0.25, -0.2) is 0 Å². The lowest BCUT2D eigenvalue weighted by molar-refractivity contribution is -0.160. The molecule has 6 heteroatoms. The molecule has 0 aromatic rings. The van der Waals surface area contributed by atoms with Crippen molar-refractivity contribution in [3.63, 3.8) is 0 Å². The van der Waals surface area contributed by atoms with Crippen LogP contribution in [0.3, 0.4) is 0 Å². The molecule has 0 radical (unpaired) electrons. The standard InChI is InChI=1S/C22H42O5S/c1-5-9-13-24-17-18-19(25-14-10-6-2)20(26-15-11-7-3)21(22(23)28-18)27-16-12-8-4/h18-21H,5-17H2,1-4H3/t18-,19-,20+,21-/m1/s1. The molecule has 0 amide bonds. The van der Waals surface area contributed by atoms with E-state index in [0.29, 0.717) is 26.4 Å². The zero-order valence-electron chi connectivity index (χ0n) is 18.5. The molecule has 1 saturated heterocycles. The quantitative estimate of drug-likeness (QED) is 0.310. The Morgan fingerprint density at radius 1 is 0.714 bits per heavy atom. The molecule has 4 atom stereocenters. The Morgan fingerprint density at radius 3 is 1.79 bits per heavy atom.